The van der Waals surface area contributed by atoms with Crippen molar-refractivity contribution in [2.75, 3.05) is 46.8 Å². The summed E-state index contributed by atoms with van der Waals surface area (Å²) in [4.78, 5) is 28.4. The van der Waals surface area contributed by atoms with Gasteiger partial charge in [-0.2, -0.15) is 0 Å². The van der Waals surface area contributed by atoms with Crippen LogP contribution in [0, 0.1) is 5.92 Å². The molecule has 1 aromatic heterocycles. The normalized spacial score (nSPS) is 11.5. The van der Waals surface area contributed by atoms with Crippen molar-refractivity contribution in [1.29, 1.82) is 0 Å². The molecule has 0 spiro atoms. The molecule has 0 radical (unpaired) electrons. The van der Waals surface area contributed by atoms with Gasteiger partial charge in [0, 0.05) is 5.56 Å². The third-order valence-electron chi connectivity index (χ3n) is 5.78. The minimum absolute atomic E-state index is 0.0913. The zero-order valence-electron chi connectivity index (χ0n) is 22.6. The smallest absolute Gasteiger partial charge is 0.343 e. The fraction of sp³-hybridized carbons (Fsp3) is 0.367. The first-order valence-corrected chi connectivity index (χ1v) is 12.9. The standard InChI is InChI=1S/C30H35NO8/c1-4-22(2)29(32)38-20-18-36-16-15-35-17-19-37-25-9-7-24(8-10-25)30(33)39-26-11-5-23(6-12-26)28-14-13-27(34-3)21-31-28/h5-14,21-22H,4,15-20H2,1-3H3. The molecule has 0 saturated carbocycles. The van der Waals surface area contributed by atoms with Crippen LogP contribution in [0.5, 0.6) is 17.2 Å². The molecule has 39 heavy (non-hydrogen) atoms. The van der Waals surface area contributed by atoms with Gasteiger partial charge in [0.25, 0.3) is 0 Å². The molecular formula is C30H35NO8. The summed E-state index contributed by atoms with van der Waals surface area (Å²) < 4.78 is 32.2. The van der Waals surface area contributed by atoms with Crippen LogP contribution in [0.15, 0.2) is 66.9 Å². The Bertz CT molecular complexity index is 1150. The summed E-state index contributed by atoms with van der Waals surface area (Å²) >= 11 is 0. The van der Waals surface area contributed by atoms with E-state index in [1.54, 1.807) is 49.7 Å². The second-order valence-corrected chi connectivity index (χ2v) is 8.57. The second-order valence-electron chi connectivity index (χ2n) is 8.57. The van der Waals surface area contributed by atoms with Crippen LogP contribution in [0.1, 0.15) is 30.6 Å². The first kappa shape index (κ1) is 29.6. The van der Waals surface area contributed by atoms with Gasteiger partial charge >= 0.3 is 11.9 Å². The molecule has 208 valence electrons. The summed E-state index contributed by atoms with van der Waals surface area (Å²) in [5.74, 6) is 0.983. The van der Waals surface area contributed by atoms with Crippen molar-refractivity contribution in [3.05, 3.63) is 72.4 Å². The van der Waals surface area contributed by atoms with Gasteiger partial charge in [-0.25, -0.2) is 4.79 Å². The van der Waals surface area contributed by atoms with Gasteiger partial charge in [0.05, 0.1) is 56.9 Å². The average molecular weight is 538 g/mol. The summed E-state index contributed by atoms with van der Waals surface area (Å²) in [5.41, 5.74) is 2.10. The minimum atomic E-state index is -0.463. The van der Waals surface area contributed by atoms with Crippen LogP contribution in [-0.4, -0.2) is 63.7 Å². The molecule has 0 aliphatic rings. The number of esters is 2. The molecule has 0 bridgehead atoms. The lowest BCUT2D eigenvalue weighted by Crippen LogP contribution is -2.18. The van der Waals surface area contributed by atoms with Gasteiger partial charge < -0.3 is 28.4 Å². The highest BCUT2D eigenvalue weighted by Gasteiger charge is 2.11. The molecule has 0 amide bonds. The van der Waals surface area contributed by atoms with E-state index in [0.29, 0.717) is 55.8 Å². The number of pyridine rings is 1. The van der Waals surface area contributed by atoms with E-state index in [1.165, 1.54) is 0 Å². The van der Waals surface area contributed by atoms with E-state index in [9.17, 15) is 9.59 Å². The number of methoxy groups -OCH3 is 1. The summed E-state index contributed by atoms with van der Waals surface area (Å²) in [6.45, 7) is 5.91. The number of rotatable bonds is 16. The Balaban J connectivity index is 1.30. The molecule has 0 saturated heterocycles. The van der Waals surface area contributed by atoms with E-state index in [1.807, 2.05) is 38.1 Å². The van der Waals surface area contributed by atoms with Gasteiger partial charge in [-0.1, -0.05) is 13.8 Å². The topological polar surface area (TPSA) is 102 Å². The largest absolute Gasteiger partial charge is 0.495 e. The fourth-order valence-electron chi connectivity index (χ4n) is 3.27. The Labute approximate surface area is 229 Å². The maximum absolute atomic E-state index is 12.5. The molecule has 0 N–H and O–H groups in total. The molecule has 3 aromatic rings. The van der Waals surface area contributed by atoms with Gasteiger partial charge in [0.2, 0.25) is 0 Å². The lowest BCUT2D eigenvalue weighted by Gasteiger charge is -2.10. The van der Waals surface area contributed by atoms with E-state index in [4.69, 9.17) is 28.4 Å². The number of aromatic nitrogens is 1. The van der Waals surface area contributed by atoms with E-state index in [-0.39, 0.29) is 18.5 Å². The summed E-state index contributed by atoms with van der Waals surface area (Å²) in [6, 6.07) is 17.6. The van der Waals surface area contributed by atoms with Crippen LogP contribution < -0.4 is 14.2 Å². The molecule has 2 aromatic carbocycles. The lowest BCUT2D eigenvalue weighted by atomic mass is 10.1. The quantitative estimate of drug-likeness (QED) is 0.142. The Morgan fingerprint density at radius 1 is 0.769 bits per heavy atom. The van der Waals surface area contributed by atoms with Crippen LogP contribution in [0.4, 0.5) is 0 Å². The lowest BCUT2D eigenvalue weighted by molar-refractivity contribution is -0.149. The number of carbonyl (C=O) groups excluding carboxylic acids is 2. The predicted molar refractivity (Wildman–Crippen MR) is 145 cm³/mol. The Morgan fingerprint density at radius 2 is 1.38 bits per heavy atom. The van der Waals surface area contributed by atoms with Crippen molar-refractivity contribution < 1.29 is 38.0 Å². The molecule has 0 aliphatic heterocycles. The number of ether oxygens (including phenoxy) is 6. The van der Waals surface area contributed by atoms with Gasteiger partial charge in [-0.3, -0.25) is 9.78 Å². The zero-order chi connectivity index (χ0) is 27.9. The number of carbonyl (C=O) groups is 2. The zero-order valence-corrected chi connectivity index (χ0v) is 22.6. The molecule has 0 fully saturated rings. The molecule has 1 atom stereocenters. The van der Waals surface area contributed by atoms with Crippen molar-refractivity contribution in [1.82, 2.24) is 4.98 Å². The van der Waals surface area contributed by atoms with Gasteiger partial charge in [0.15, 0.2) is 0 Å². The highest BCUT2D eigenvalue weighted by Crippen LogP contribution is 2.23. The second kappa shape index (κ2) is 16.1. The number of hydrogen-bond donors (Lipinski definition) is 0. The number of benzene rings is 2. The summed E-state index contributed by atoms with van der Waals surface area (Å²) in [5, 5.41) is 0. The van der Waals surface area contributed by atoms with Crippen LogP contribution >= 0.6 is 0 Å². The SMILES string of the molecule is CCC(C)C(=O)OCCOCCOCCOc1ccc(C(=O)Oc2ccc(-c3ccc(OC)cn3)cc2)cc1. The van der Waals surface area contributed by atoms with Gasteiger partial charge in [-0.05, 0) is 67.1 Å². The highest BCUT2D eigenvalue weighted by atomic mass is 16.6. The van der Waals surface area contributed by atoms with Crippen molar-refractivity contribution in [3.8, 4) is 28.5 Å². The maximum Gasteiger partial charge on any atom is 0.343 e. The van der Waals surface area contributed by atoms with Crippen molar-refractivity contribution >= 4 is 11.9 Å². The molecule has 3 rings (SSSR count). The number of nitrogens with zero attached hydrogens (tertiary/aromatic N) is 1. The molecule has 1 unspecified atom stereocenters. The molecule has 1 heterocycles. The predicted octanol–water partition coefficient (Wildman–Crippen LogP) is 4.98. The first-order valence-electron chi connectivity index (χ1n) is 12.9. The van der Waals surface area contributed by atoms with Gasteiger partial charge in [0.1, 0.15) is 30.5 Å². The minimum Gasteiger partial charge on any atom is -0.495 e. The summed E-state index contributed by atoms with van der Waals surface area (Å²) in [7, 11) is 1.59. The number of hydrogen-bond acceptors (Lipinski definition) is 9. The van der Waals surface area contributed by atoms with Crippen LogP contribution in [0.2, 0.25) is 0 Å². The highest BCUT2D eigenvalue weighted by molar-refractivity contribution is 5.91. The van der Waals surface area contributed by atoms with Gasteiger partial charge in [-0.15, -0.1) is 0 Å². The fourth-order valence-corrected chi connectivity index (χ4v) is 3.27. The van der Waals surface area contributed by atoms with Crippen molar-refractivity contribution in [2.45, 2.75) is 20.3 Å². The molecular weight excluding hydrogens is 502 g/mol. The van der Waals surface area contributed by atoms with E-state index >= 15 is 0 Å². The molecule has 0 aliphatic carbocycles. The van der Waals surface area contributed by atoms with Crippen molar-refractivity contribution in [3.63, 3.8) is 0 Å². The third kappa shape index (κ3) is 10.0. The van der Waals surface area contributed by atoms with E-state index < -0.39 is 5.97 Å². The van der Waals surface area contributed by atoms with Crippen molar-refractivity contribution in [2.24, 2.45) is 5.92 Å². The Kier molecular flexibility index (Phi) is 12.2. The molecule has 9 heteroatoms. The van der Waals surface area contributed by atoms with Crippen LogP contribution in [0.3, 0.4) is 0 Å². The monoisotopic (exact) mass is 537 g/mol. The first-order chi connectivity index (χ1) is 19.0. The van der Waals surface area contributed by atoms with Crippen LogP contribution in [-0.2, 0) is 19.0 Å². The Morgan fingerprint density at radius 3 is 2.00 bits per heavy atom. The third-order valence-corrected chi connectivity index (χ3v) is 5.78. The Hall–Kier alpha value is -3.95. The van der Waals surface area contributed by atoms with E-state index in [2.05, 4.69) is 4.98 Å². The van der Waals surface area contributed by atoms with E-state index in [0.717, 1.165) is 17.7 Å². The average Bonchev–Trinajstić information content (AvgIpc) is 2.98. The maximum atomic E-state index is 12.5. The van der Waals surface area contributed by atoms with Crippen LogP contribution in [0.25, 0.3) is 11.3 Å². The summed E-state index contributed by atoms with van der Waals surface area (Å²) in [6.07, 6.45) is 2.41. The molecule has 9 nitrogen and oxygen atoms in total.